The molecule has 2 N–H and O–H groups in total. The summed E-state index contributed by atoms with van der Waals surface area (Å²) in [6.07, 6.45) is 1.88. The molecule has 8 heteroatoms. The molecule has 1 aromatic heterocycles. The number of thioether (sulfide) groups is 1. The number of rotatable bonds is 4. The van der Waals surface area contributed by atoms with Gasteiger partial charge in [-0.3, -0.25) is 14.4 Å². The molecule has 3 rings (SSSR count). The van der Waals surface area contributed by atoms with Gasteiger partial charge in [0.2, 0.25) is 5.91 Å². The number of likely N-dealkylation sites (tertiary alicyclic amines) is 1. The molecule has 0 bridgehead atoms. The number of nitrogens with zero attached hydrogens (tertiary/aromatic N) is 2. The van der Waals surface area contributed by atoms with Crippen LogP contribution in [0.3, 0.4) is 0 Å². The van der Waals surface area contributed by atoms with Crippen molar-refractivity contribution in [2.75, 3.05) is 31.1 Å². The lowest BCUT2D eigenvalue weighted by Crippen LogP contribution is -2.36. The Kier molecular flexibility index (Phi) is 5.23. The highest BCUT2D eigenvalue weighted by Gasteiger charge is 2.32. The summed E-state index contributed by atoms with van der Waals surface area (Å²) in [7, 11) is 0. The fourth-order valence-electron chi connectivity index (χ4n) is 3.21. The van der Waals surface area contributed by atoms with E-state index >= 15 is 0 Å². The van der Waals surface area contributed by atoms with Gasteiger partial charge < -0.3 is 15.2 Å². The molecule has 1 unspecified atom stereocenters. The van der Waals surface area contributed by atoms with E-state index < -0.39 is 0 Å². The number of aromatic amines is 1. The lowest BCUT2D eigenvalue weighted by Gasteiger charge is -2.20. The van der Waals surface area contributed by atoms with Crippen LogP contribution in [0.5, 0.6) is 0 Å². The zero-order chi connectivity index (χ0) is 17.1. The summed E-state index contributed by atoms with van der Waals surface area (Å²) in [5.74, 6) is 2.78. The van der Waals surface area contributed by atoms with E-state index in [4.69, 9.17) is 0 Å². The molecule has 0 spiro atoms. The first-order valence-electron chi connectivity index (χ1n) is 8.25. The molecule has 24 heavy (non-hydrogen) atoms. The molecule has 2 fully saturated rings. The summed E-state index contributed by atoms with van der Waals surface area (Å²) in [5.41, 5.74) is -0.204. The van der Waals surface area contributed by atoms with Crippen molar-refractivity contribution >= 4 is 23.6 Å². The van der Waals surface area contributed by atoms with Crippen LogP contribution in [-0.2, 0) is 4.79 Å². The van der Waals surface area contributed by atoms with Gasteiger partial charge in [-0.05, 0) is 31.4 Å². The molecular weight excluding hydrogens is 328 g/mol. The third kappa shape index (κ3) is 3.98. The monoisotopic (exact) mass is 350 g/mol. The van der Waals surface area contributed by atoms with Crippen LogP contribution in [-0.4, -0.2) is 57.8 Å². The number of amides is 2. The Morgan fingerprint density at radius 2 is 2.29 bits per heavy atom. The number of carbonyl (C=O) groups is 2. The normalized spacial score (nSPS) is 23.5. The van der Waals surface area contributed by atoms with Crippen LogP contribution in [0.1, 0.15) is 29.2 Å². The van der Waals surface area contributed by atoms with E-state index in [0.29, 0.717) is 18.9 Å². The minimum absolute atomic E-state index is 0.130. The topological polar surface area (TPSA) is 95.2 Å². The van der Waals surface area contributed by atoms with Crippen LogP contribution in [0.15, 0.2) is 10.9 Å². The second-order valence-corrected chi connectivity index (χ2v) is 7.58. The molecule has 2 amide bonds. The van der Waals surface area contributed by atoms with Crippen LogP contribution in [0.25, 0.3) is 0 Å². The molecule has 3 heterocycles. The predicted octanol–water partition coefficient (Wildman–Crippen LogP) is 0.410. The van der Waals surface area contributed by atoms with Crippen LogP contribution in [0.2, 0.25) is 0 Å². The van der Waals surface area contributed by atoms with Gasteiger partial charge in [-0.1, -0.05) is 0 Å². The molecule has 130 valence electrons. The first-order chi connectivity index (χ1) is 11.5. The summed E-state index contributed by atoms with van der Waals surface area (Å²) in [4.78, 5) is 44.4. The molecule has 2 saturated heterocycles. The smallest absolute Gasteiger partial charge is 0.270 e. The highest BCUT2D eigenvalue weighted by molar-refractivity contribution is 7.99. The lowest BCUT2D eigenvalue weighted by molar-refractivity contribution is -0.133. The summed E-state index contributed by atoms with van der Waals surface area (Å²) in [6.45, 7) is 3.60. The van der Waals surface area contributed by atoms with Gasteiger partial charge in [-0.15, -0.1) is 0 Å². The number of aryl methyl sites for hydroxylation is 1. The van der Waals surface area contributed by atoms with Crippen molar-refractivity contribution in [3.05, 3.63) is 27.9 Å². The van der Waals surface area contributed by atoms with Crippen LogP contribution in [0, 0.1) is 18.8 Å². The fraction of sp³-hybridized carbons (Fsp3) is 0.625. The average molecular weight is 350 g/mol. The third-order valence-electron chi connectivity index (χ3n) is 4.52. The standard InChI is InChI=1S/C16H22N4O3S/c1-10-18-13(6-14(21)19-10)15(22)17-7-11-2-4-20(8-11)16(23)12-3-5-24-9-12/h6,11-12H,2-5,7-9H2,1H3,(H,17,22)(H,18,19,21)/t11-,12?/m1/s1. The van der Waals surface area contributed by atoms with Gasteiger partial charge in [0.1, 0.15) is 11.5 Å². The van der Waals surface area contributed by atoms with Gasteiger partial charge in [-0.25, -0.2) is 4.98 Å². The maximum Gasteiger partial charge on any atom is 0.270 e. The number of nitrogens with one attached hydrogen (secondary N) is 2. The Labute approximate surface area is 144 Å². The predicted molar refractivity (Wildman–Crippen MR) is 92.0 cm³/mol. The Morgan fingerprint density at radius 1 is 1.46 bits per heavy atom. The van der Waals surface area contributed by atoms with Gasteiger partial charge in [0.15, 0.2) is 0 Å². The molecular formula is C16H22N4O3S. The molecule has 0 aromatic carbocycles. The van der Waals surface area contributed by atoms with Gasteiger partial charge >= 0.3 is 0 Å². The molecule has 1 aromatic rings. The van der Waals surface area contributed by atoms with E-state index in [2.05, 4.69) is 15.3 Å². The van der Waals surface area contributed by atoms with Crippen LogP contribution < -0.4 is 10.9 Å². The highest BCUT2D eigenvalue weighted by Crippen LogP contribution is 2.27. The maximum absolute atomic E-state index is 12.4. The van der Waals surface area contributed by atoms with Crippen LogP contribution in [0.4, 0.5) is 0 Å². The lowest BCUT2D eigenvalue weighted by atomic mass is 10.1. The number of hydrogen-bond donors (Lipinski definition) is 2. The van der Waals surface area contributed by atoms with E-state index in [1.807, 2.05) is 16.7 Å². The molecule has 0 saturated carbocycles. The fourth-order valence-corrected chi connectivity index (χ4v) is 4.42. The largest absolute Gasteiger partial charge is 0.350 e. The van der Waals surface area contributed by atoms with Gasteiger partial charge in [0.05, 0.1) is 0 Å². The second-order valence-electron chi connectivity index (χ2n) is 6.43. The zero-order valence-corrected chi connectivity index (χ0v) is 14.5. The van der Waals surface area contributed by atoms with E-state index in [-0.39, 0.29) is 34.9 Å². The van der Waals surface area contributed by atoms with E-state index in [1.54, 1.807) is 6.92 Å². The highest BCUT2D eigenvalue weighted by atomic mass is 32.2. The molecule has 0 aliphatic carbocycles. The minimum atomic E-state index is -0.346. The summed E-state index contributed by atoms with van der Waals surface area (Å²) < 4.78 is 0. The Balaban J connectivity index is 1.49. The average Bonchev–Trinajstić information content (AvgIpc) is 3.22. The van der Waals surface area contributed by atoms with Crippen molar-refractivity contribution in [3.8, 4) is 0 Å². The van der Waals surface area contributed by atoms with Gasteiger partial charge in [0, 0.05) is 37.4 Å². The van der Waals surface area contributed by atoms with Crippen molar-refractivity contribution < 1.29 is 9.59 Å². The summed E-state index contributed by atoms with van der Waals surface area (Å²) in [6, 6.07) is 1.20. The Hall–Kier alpha value is -1.83. The SMILES string of the molecule is Cc1nc(C(=O)NC[C@H]2CCN(C(=O)C3CCSC3)C2)cc(=O)[nH]1. The molecule has 0 radical (unpaired) electrons. The zero-order valence-electron chi connectivity index (χ0n) is 13.7. The van der Waals surface area contributed by atoms with E-state index in [9.17, 15) is 14.4 Å². The number of carbonyl (C=O) groups excluding carboxylic acids is 2. The van der Waals surface area contributed by atoms with Crippen molar-refractivity contribution in [2.45, 2.75) is 19.8 Å². The van der Waals surface area contributed by atoms with Gasteiger partial charge in [-0.2, -0.15) is 11.8 Å². The molecule has 2 aliphatic rings. The van der Waals surface area contributed by atoms with Crippen molar-refractivity contribution in [3.63, 3.8) is 0 Å². The Morgan fingerprint density at radius 3 is 3.00 bits per heavy atom. The molecule has 2 aliphatic heterocycles. The maximum atomic E-state index is 12.4. The van der Waals surface area contributed by atoms with E-state index in [1.165, 1.54) is 6.07 Å². The molecule has 2 atom stereocenters. The second kappa shape index (κ2) is 7.38. The third-order valence-corrected chi connectivity index (χ3v) is 5.68. The van der Waals surface area contributed by atoms with E-state index in [0.717, 1.165) is 30.9 Å². The number of H-pyrrole nitrogens is 1. The number of hydrogen-bond acceptors (Lipinski definition) is 5. The quantitative estimate of drug-likeness (QED) is 0.820. The first-order valence-corrected chi connectivity index (χ1v) is 9.41. The molecule has 7 nitrogen and oxygen atoms in total. The first kappa shape index (κ1) is 17.0. The van der Waals surface area contributed by atoms with Crippen molar-refractivity contribution in [2.24, 2.45) is 11.8 Å². The minimum Gasteiger partial charge on any atom is -0.350 e. The Bertz CT molecular complexity index is 684. The van der Waals surface area contributed by atoms with Crippen molar-refractivity contribution in [1.82, 2.24) is 20.2 Å². The summed E-state index contributed by atoms with van der Waals surface area (Å²) in [5, 5.41) is 2.83. The van der Waals surface area contributed by atoms with Gasteiger partial charge in [0.25, 0.3) is 11.5 Å². The van der Waals surface area contributed by atoms with Crippen LogP contribution >= 0.6 is 11.8 Å². The number of aromatic nitrogens is 2. The summed E-state index contributed by atoms with van der Waals surface area (Å²) >= 11 is 1.84. The van der Waals surface area contributed by atoms with Crippen molar-refractivity contribution in [1.29, 1.82) is 0 Å².